The van der Waals surface area contributed by atoms with Crippen molar-refractivity contribution in [3.63, 3.8) is 0 Å². The lowest BCUT2D eigenvalue weighted by atomic mass is 10.1. The number of aromatic nitrogens is 4. The average Bonchev–Trinajstić information content (AvgIpc) is 2.83. The van der Waals surface area contributed by atoms with E-state index in [1.54, 1.807) is 22.8 Å². The monoisotopic (exact) mass is 274 g/mol. The number of carbonyl (C=O) groups excluding carboxylic acids is 1. The number of amides is 1. The topological polar surface area (TPSA) is 110 Å². The van der Waals surface area contributed by atoms with E-state index in [1.807, 2.05) is 0 Å². The van der Waals surface area contributed by atoms with E-state index in [0.717, 1.165) is 0 Å². The van der Waals surface area contributed by atoms with Crippen LogP contribution in [0.1, 0.15) is 21.7 Å². The van der Waals surface area contributed by atoms with E-state index in [1.165, 1.54) is 6.20 Å². The highest BCUT2D eigenvalue weighted by Gasteiger charge is 2.26. The van der Waals surface area contributed by atoms with Crippen LogP contribution in [0.2, 0.25) is 0 Å². The van der Waals surface area contributed by atoms with E-state index < -0.39 is 0 Å². The van der Waals surface area contributed by atoms with Gasteiger partial charge in [-0.1, -0.05) is 0 Å². The molecular formula is C12H14N6O2. The number of fused-ring (bicyclic) bond motifs is 1. The summed E-state index contributed by atoms with van der Waals surface area (Å²) < 4.78 is 1.66. The Labute approximate surface area is 114 Å². The quantitative estimate of drug-likeness (QED) is 0.713. The van der Waals surface area contributed by atoms with Crippen molar-refractivity contribution in [2.24, 2.45) is 7.05 Å². The number of aromatic amines is 1. The molecule has 0 aliphatic carbocycles. The number of nitrogens with zero attached hydrogens (tertiary/aromatic N) is 4. The first-order chi connectivity index (χ1) is 9.56. The van der Waals surface area contributed by atoms with Crippen molar-refractivity contribution >= 4 is 11.9 Å². The Morgan fingerprint density at radius 3 is 3.00 bits per heavy atom. The van der Waals surface area contributed by atoms with Gasteiger partial charge in [-0.05, 0) is 6.42 Å². The summed E-state index contributed by atoms with van der Waals surface area (Å²) in [5.74, 6) is -0.0557. The molecule has 0 atom stereocenters. The minimum atomic E-state index is -0.222. The molecule has 1 aliphatic heterocycles. The van der Waals surface area contributed by atoms with Gasteiger partial charge in [0.2, 0.25) is 5.95 Å². The molecule has 0 saturated carbocycles. The van der Waals surface area contributed by atoms with Gasteiger partial charge < -0.3 is 15.2 Å². The number of hydrogen-bond donors (Lipinski definition) is 2. The van der Waals surface area contributed by atoms with Crippen molar-refractivity contribution in [3.8, 4) is 0 Å². The summed E-state index contributed by atoms with van der Waals surface area (Å²) in [6, 6.07) is 0. The Morgan fingerprint density at radius 1 is 1.50 bits per heavy atom. The zero-order valence-corrected chi connectivity index (χ0v) is 11.0. The highest BCUT2D eigenvalue weighted by molar-refractivity contribution is 5.92. The number of anilines is 1. The second kappa shape index (κ2) is 4.48. The molecule has 1 amide bonds. The molecule has 0 unspecified atom stereocenters. The molecule has 2 aromatic rings. The van der Waals surface area contributed by atoms with Crippen molar-refractivity contribution in [2.45, 2.75) is 13.0 Å². The minimum absolute atomic E-state index is 0.0728. The van der Waals surface area contributed by atoms with Crippen LogP contribution in [0.25, 0.3) is 0 Å². The van der Waals surface area contributed by atoms with Crippen LogP contribution < -0.4 is 11.3 Å². The predicted molar refractivity (Wildman–Crippen MR) is 70.9 cm³/mol. The van der Waals surface area contributed by atoms with Gasteiger partial charge in [-0.25, -0.2) is 9.97 Å². The molecular weight excluding hydrogens is 260 g/mol. The lowest BCUT2D eigenvalue weighted by molar-refractivity contribution is 0.0721. The van der Waals surface area contributed by atoms with E-state index in [2.05, 4.69) is 15.0 Å². The van der Waals surface area contributed by atoms with Gasteiger partial charge >= 0.3 is 0 Å². The molecule has 20 heavy (non-hydrogen) atoms. The number of rotatable bonds is 1. The second-order valence-corrected chi connectivity index (χ2v) is 4.74. The van der Waals surface area contributed by atoms with Gasteiger partial charge in [-0.2, -0.15) is 0 Å². The molecule has 8 heteroatoms. The van der Waals surface area contributed by atoms with Crippen molar-refractivity contribution in [1.82, 2.24) is 24.4 Å². The number of nitrogens with two attached hydrogens (primary N) is 1. The van der Waals surface area contributed by atoms with Crippen molar-refractivity contribution in [2.75, 3.05) is 12.3 Å². The largest absolute Gasteiger partial charge is 0.369 e. The Kier molecular flexibility index (Phi) is 2.78. The SMILES string of the molecule is Cn1cncc1C(=O)N1CCc2c(nc(N)[nH]c2=O)C1. The lowest BCUT2D eigenvalue weighted by Crippen LogP contribution is -2.39. The van der Waals surface area contributed by atoms with Crippen LogP contribution in [-0.2, 0) is 20.0 Å². The van der Waals surface area contributed by atoms with Crippen LogP contribution in [0.15, 0.2) is 17.3 Å². The average molecular weight is 274 g/mol. The normalized spacial score (nSPS) is 14.2. The van der Waals surface area contributed by atoms with Gasteiger partial charge in [0, 0.05) is 19.2 Å². The third kappa shape index (κ3) is 1.94. The number of aryl methyl sites for hydroxylation is 1. The molecule has 0 fully saturated rings. The molecule has 1 aliphatic rings. The second-order valence-electron chi connectivity index (χ2n) is 4.74. The molecule has 104 valence electrons. The maximum Gasteiger partial charge on any atom is 0.272 e. The van der Waals surface area contributed by atoms with Gasteiger partial charge in [0.25, 0.3) is 11.5 Å². The molecule has 3 N–H and O–H groups in total. The van der Waals surface area contributed by atoms with Crippen molar-refractivity contribution in [1.29, 1.82) is 0 Å². The molecule has 0 radical (unpaired) electrons. The van der Waals surface area contributed by atoms with E-state index in [4.69, 9.17) is 5.73 Å². The zero-order valence-electron chi connectivity index (χ0n) is 11.0. The van der Waals surface area contributed by atoms with E-state index >= 15 is 0 Å². The fourth-order valence-electron chi connectivity index (χ4n) is 2.36. The number of carbonyl (C=O) groups is 1. The summed E-state index contributed by atoms with van der Waals surface area (Å²) in [7, 11) is 1.76. The van der Waals surface area contributed by atoms with Crippen molar-refractivity contribution < 1.29 is 4.79 Å². The molecule has 2 aromatic heterocycles. The van der Waals surface area contributed by atoms with Crippen LogP contribution in [0.5, 0.6) is 0 Å². The van der Waals surface area contributed by atoms with Gasteiger partial charge in [-0.15, -0.1) is 0 Å². The minimum Gasteiger partial charge on any atom is -0.369 e. The first kappa shape index (κ1) is 12.4. The van der Waals surface area contributed by atoms with Gasteiger partial charge in [0.05, 0.1) is 24.8 Å². The van der Waals surface area contributed by atoms with Crippen LogP contribution in [0, 0.1) is 0 Å². The van der Waals surface area contributed by atoms with Crippen LogP contribution >= 0.6 is 0 Å². The summed E-state index contributed by atoms with van der Waals surface area (Å²) in [5.41, 5.74) is 6.99. The number of nitrogen functional groups attached to an aromatic ring is 1. The maximum atomic E-state index is 12.4. The molecule has 3 rings (SSSR count). The summed E-state index contributed by atoms with van der Waals surface area (Å²) >= 11 is 0. The maximum absolute atomic E-state index is 12.4. The number of imidazole rings is 1. The molecule has 0 bridgehead atoms. The molecule has 8 nitrogen and oxygen atoms in total. The Hall–Kier alpha value is -2.64. The highest BCUT2D eigenvalue weighted by Crippen LogP contribution is 2.16. The summed E-state index contributed by atoms with van der Waals surface area (Å²) in [6.07, 6.45) is 3.57. The van der Waals surface area contributed by atoms with Gasteiger partial charge in [0.1, 0.15) is 5.69 Å². The standard InChI is InChI=1S/C12H14N6O2/c1-17-6-14-4-9(17)11(20)18-3-2-7-8(5-18)15-12(13)16-10(7)19/h4,6H,2-3,5H2,1H3,(H3,13,15,16,19). The number of H-pyrrole nitrogens is 1. The first-order valence-corrected chi connectivity index (χ1v) is 6.19. The summed E-state index contributed by atoms with van der Waals surface area (Å²) in [4.78, 5) is 36.3. The fraction of sp³-hybridized carbons (Fsp3) is 0.333. The van der Waals surface area contributed by atoms with Gasteiger partial charge in [0.15, 0.2) is 0 Å². The predicted octanol–water partition coefficient (Wildman–Crippen LogP) is -0.716. The van der Waals surface area contributed by atoms with Crippen LogP contribution in [0.3, 0.4) is 0 Å². The van der Waals surface area contributed by atoms with E-state index in [-0.39, 0.29) is 24.0 Å². The molecule has 3 heterocycles. The Balaban J connectivity index is 1.91. The fourth-order valence-corrected chi connectivity index (χ4v) is 2.36. The lowest BCUT2D eigenvalue weighted by Gasteiger charge is -2.27. The van der Waals surface area contributed by atoms with Crippen LogP contribution in [-0.4, -0.2) is 36.9 Å². The number of nitrogens with one attached hydrogen (secondary N) is 1. The smallest absolute Gasteiger partial charge is 0.272 e. The molecule has 0 saturated heterocycles. The summed E-state index contributed by atoms with van der Waals surface area (Å²) in [6.45, 7) is 0.763. The zero-order chi connectivity index (χ0) is 14.3. The first-order valence-electron chi connectivity index (χ1n) is 6.19. The third-order valence-corrected chi connectivity index (χ3v) is 3.41. The Bertz CT molecular complexity index is 732. The Morgan fingerprint density at radius 2 is 2.30 bits per heavy atom. The van der Waals surface area contributed by atoms with E-state index in [0.29, 0.717) is 29.9 Å². The van der Waals surface area contributed by atoms with Gasteiger partial charge in [-0.3, -0.25) is 14.6 Å². The highest BCUT2D eigenvalue weighted by atomic mass is 16.2. The van der Waals surface area contributed by atoms with Crippen molar-refractivity contribution in [3.05, 3.63) is 39.8 Å². The number of hydrogen-bond acceptors (Lipinski definition) is 5. The molecule has 0 spiro atoms. The molecule has 0 aromatic carbocycles. The van der Waals surface area contributed by atoms with E-state index in [9.17, 15) is 9.59 Å². The third-order valence-electron chi connectivity index (χ3n) is 3.41. The summed E-state index contributed by atoms with van der Waals surface area (Å²) in [5, 5.41) is 0. The van der Waals surface area contributed by atoms with Crippen LogP contribution in [0.4, 0.5) is 5.95 Å².